The zero-order valence-corrected chi connectivity index (χ0v) is 23.2. The van der Waals surface area contributed by atoms with Crippen molar-refractivity contribution in [1.82, 2.24) is 25.4 Å². The highest BCUT2D eigenvalue weighted by molar-refractivity contribution is 8.00. The van der Waals surface area contributed by atoms with Crippen molar-refractivity contribution in [2.24, 2.45) is 7.05 Å². The van der Waals surface area contributed by atoms with Crippen LogP contribution in [-0.2, 0) is 31.2 Å². The lowest BCUT2D eigenvalue weighted by Crippen LogP contribution is -2.49. The third-order valence-corrected chi connectivity index (χ3v) is 7.79. The number of aryl methyl sites for hydroxylation is 2. The zero-order valence-electron chi connectivity index (χ0n) is 22.4. The molecule has 4 rings (SSSR count). The fourth-order valence-corrected chi connectivity index (χ4v) is 5.36. The van der Waals surface area contributed by atoms with E-state index in [-0.39, 0.29) is 18.9 Å². The van der Waals surface area contributed by atoms with Gasteiger partial charge in [0.15, 0.2) is 5.16 Å². The van der Waals surface area contributed by atoms with Crippen molar-refractivity contribution in [3.05, 3.63) is 113 Å². The van der Waals surface area contributed by atoms with E-state index in [1.807, 2.05) is 42.5 Å². The van der Waals surface area contributed by atoms with E-state index in [0.717, 1.165) is 23.6 Å². The molecule has 0 spiro atoms. The van der Waals surface area contributed by atoms with Crippen LogP contribution in [-0.4, -0.2) is 44.5 Å². The Labute approximate surface area is 237 Å². The van der Waals surface area contributed by atoms with Gasteiger partial charge < -0.3 is 20.3 Å². The van der Waals surface area contributed by atoms with Crippen LogP contribution in [0.4, 0.5) is 8.78 Å². The highest BCUT2D eigenvalue weighted by Crippen LogP contribution is 2.34. The number of carbonyl (C=O) groups excluding carboxylic acids is 1. The van der Waals surface area contributed by atoms with E-state index in [4.69, 9.17) is 0 Å². The molecule has 0 saturated heterocycles. The maximum atomic E-state index is 14.0. The summed E-state index contributed by atoms with van der Waals surface area (Å²) in [6, 6.07) is 19.8. The minimum Gasteiger partial charge on any atom is -0.390 e. The van der Waals surface area contributed by atoms with E-state index in [9.17, 15) is 18.7 Å². The van der Waals surface area contributed by atoms with Crippen molar-refractivity contribution in [3.8, 4) is 0 Å². The average Bonchev–Trinajstić information content (AvgIpc) is 3.35. The number of rotatable bonds is 13. The molecule has 40 heavy (non-hydrogen) atoms. The first-order valence-corrected chi connectivity index (χ1v) is 14.0. The van der Waals surface area contributed by atoms with Crippen LogP contribution in [0.25, 0.3) is 0 Å². The van der Waals surface area contributed by atoms with Gasteiger partial charge >= 0.3 is 0 Å². The van der Waals surface area contributed by atoms with Crippen molar-refractivity contribution >= 4 is 17.7 Å². The predicted molar refractivity (Wildman–Crippen MR) is 152 cm³/mol. The van der Waals surface area contributed by atoms with Crippen molar-refractivity contribution in [2.45, 2.75) is 48.9 Å². The topological polar surface area (TPSA) is 92.1 Å². The van der Waals surface area contributed by atoms with Crippen LogP contribution in [0.5, 0.6) is 0 Å². The monoisotopic (exact) mass is 565 g/mol. The standard InChI is InChI=1S/C30H33F2N5O2S/c1-3-20-8-7-9-21(12-20)17-33-18-27(38)26(15-22-13-24(31)16-25(32)14-22)35-29(39)28(23-10-5-4-6-11-23)40-30-36-34-19-37(30)2/h4-14,16,19,26-28,33,38H,3,15,17-18H2,1-2H3,(H,35,39)/t26-,27+,28?/m0/s1. The van der Waals surface area contributed by atoms with Crippen LogP contribution in [0.1, 0.15) is 34.4 Å². The van der Waals surface area contributed by atoms with Gasteiger partial charge in [0.25, 0.3) is 0 Å². The highest BCUT2D eigenvalue weighted by Gasteiger charge is 2.29. The maximum Gasteiger partial charge on any atom is 0.238 e. The summed E-state index contributed by atoms with van der Waals surface area (Å²) in [4.78, 5) is 13.7. The fourth-order valence-electron chi connectivity index (χ4n) is 4.38. The molecule has 1 aromatic heterocycles. The first kappa shape index (κ1) is 29.4. The molecule has 1 heterocycles. The van der Waals surface area contributed by atoms with E-state index in [1.54, 1.807) is 17.9 Å². The van der Waals surface area contributed by atoms with Crippen molar-refractivity contribution in [2.75, 3.05) is 6.54 Å². The lowest BCUT2D eigenvalue weighted by Gasteiger charge is -2.27. The van der Waals surface area contributed by atoms with Crippen LogP contribution >= 0.6 is 11.8 Å². The lowest BCUT2D eigenvalue weighted by molar-refractivity contribution is -0.122. The average molecular weight is 566 g/mol. The molecule has 3 atom stereocenters. The Balaban J connectivity index is 1.53. The SMILES string of the molecule is CCc1cccc(CNC[C@@H](O)[C@H](Cc2cc(F)cc(F)c2)NC(=O)C(Sc2nncn2C)c2ccccc2)c1. The first-order chi connectivity index (χ1) is 19.3. The Bertz CT molecular complexity index is 1380. The summed E-state index contributed by atoms with van der Waals surface area (Å²) >= 11 is 1.23. The van der Waals surface area contributed by atoms with E-state index in [1.165, 1.54) is 29.5 Å². The van der Waals surface area contributed by atoms with E-state index < -0.39 is 29.0 Å². The number of hydrogen-bond acceptors (Lipinski definition) is 6. The van der Waals surface area contributed by atoms with Gasteiger partial charge in [-0.1, -0.05) is 73.3 Å². The number of halogens is 2. The molecule has 3 N–H and O–H groups in total. The molecule has 0 radical (unpaired) electrons. The molecule has 7 nitrogen and oxygen atoms in total. The van der Waals surface area contributed by atoms with E-state index >= 15 is 0 Å². The molecule has 3 aromatic carbocycles. The minimum atomic E-state index is -1.04. The summed E-state index contributed by atoms with van der Waals surface area (Å²) in [6.45, 7) is 2.77. The van der Waals surface area contributed by atoms with Crippen molar-refractivity contribution in [3.63, 3.8) is 0 Å². The number of aliphatic hydroxyl groups excluding tert-OH is 1. The number of aliphatic hydroxyl groups is 1. The van der Waals surface area contributed by atoms with Gasteiger partial charge in [0.2, 0.25) is 5.91 Å². The van der Waals surface area contributed by atoms with Gasteiger partial charge in [-0.3, -0.25) is 4.79 Å². The third kappa shape index (κ3) is 8.20. The van der Waals surface area contributed by atoms with Crippen LogP contribution in [0.15, 0.2) is 84.3 Å². The molecule has 0 fully saturated rings. The molecular formula is C30H33F2N5O2S. The second-order valence-corrected chi connectivity index (χ2v) is 10.7. The molecule has 0 aliphatic carbocycles. The van der Waals surface area contributed by atoms with Crippen molar-refractivity contribution < 1.29 is 18.7 Å². The number of nitrogens with one attached hydrogen (secondary N) is 2. The van der Waals surface area contributed by atoms with Gasteiger partial charge in [0.05, 0.1) is 12.1 Å². The number of aromatic nitrogens is 3. The minimum absolute atomic E-state index is 0.0325. The largest absolute Gasteiger partial charge is 0.390 e. The Morgan fingerprint density at radius 3 is 2.40 bits per heavy atom. The summed E-state index contributed by atoms with van der Waals surface area (Å²) in [5, 5.41) is 25.2. The molecule has 0 bridgehead atoms. The molecule has 0 aliphatic rings. The second kappa shape index (κ2) is 14.2. The molecule has 1 unspecified atom stereocenters. The van der Waals surface area contributed by atoms with Crippen LogP contribution in [0.2, 0.25) is 0 Å². The Hall–Kier alpha value is -3.60. The number of nitrogens with zero attached hydrogens (tertiary/aromatic N) is 3. The van der Waals surface area contributed by atoms with E-state index in [2.05, 4.69) is 39.9 Å². The molecule has 210 valence electrons. The van der Waals surface area contributed by atoms with Gasteiger partial charge in [-0.15, -0.1) is 10.2 Å². The van der Waals surface area contributed by atoms with E-state index in [0.29, 0.717) is 17.3 Å². The summed E-state index contributed by atoms with van der Waals surface area (Å²) in [5.41, 5.74) is 3.36. The molecule has 1 amide bonds. The van der Waals surface area contributed by atoms with Crippen LogP contribution in [0, 0.1) is 11.6 Å². The van der Waals surface area contributed by atoms with Crippen LogP contribution in [0.3, 0.4) is 0 Å². The second-order valence-electron chi connectivity index (χ2n) is 9.60. The number of thioether (sulfide) groups is 1. The Morgan fingerprint density at radius 1 is 1.00 bits per heavy atom. The zero-order chi connectivity index (χ0) is 28.5. The van der Waals surface area contributed by atoms with Gasteiger partial charge in [-0.2, -0.15) is 0 Å². The molecule has 0 aliphatic heterocycles. The Kier molecular flexibility index (Phi) is 10.4. The lowest BCUT2D eigenvalue weighted by atomic mass is 10.00. The third-order valence-electron chi connectivity index (χ3n) is 6.49. The molecule has 0 saturated carbocycles. The van der Waals surface area contributed by atoms with Crippen LogP contribution < -0.4 is 10.6 Å². The summed E-state index contributed by atoms with van der Waals surface area (Å²) in [7, 11) is 1.79. The number of amides is 1. The Morgan fingerprint density at radius 2 is 1.73 bits per heavy atom. The molecular weight excluding hydrogens is 532 g/mol. The summed E-state index contributed by atoms with van der Waals surface area (Å²) < 4.78 is 29.7. The number of hydrogen-bond donors (Lipinski definition) is 3. The normalized spacial score (nSPS) is 13.5. The smallest absolute Gasteiger partial charge is 0.238 e. The maximum absolute atomic E-state index is 14.0. The highest BCUT2D eigenvalue weighted by atomic mass is 32.2. The number of benzene rings is 3. The molecule has 10 heteroatoms. The van der Waals surface area contributed by atoms with Gasteiger partial charge in [0.1, 0.15) is 23.2 Å². The fraction of sp³-hybridized carbons (Fsp3) is 0.300. The van der Waals surface area contributed by atoms with Crippen molar-refractivity contribution in [1.29, 1.82) is 0 Å². The first-order valence-electron chi connectivity index (χ1n) is 13.1. The summed E-state index contributed by atoms with van der Waals surface area (Å²) in [5.74, 6) is -1.80. The van der Waals surface area contributed by atoms with Gasteiger partial charge in [-0.05, 0) is 47.2 Å². The predicted octanol–water partition coefficient (Wildman–Crippen LogP) is 4.37. The quantitative estimate of drug-likeness (QED) is 0.209. The number of carbonyl (C=O) groups is 1. The molecule has 4 aromatic rings. The van der Waals surface area contributed by atoms with Gasteiger partial charge in [-0.25, -0.2) is 8.78 Å². The summed E-state index contributed by atoms with van der Waals surface area (Å²) in [6.07, 6.45) is 1.46. The van der Waals surface area contributed by atoms with Gasteiger partial charge in [0, 0.05) is 26.2 Å².